The average Bonchev–Trinajstić information content (AvgIpc) is 3.40. The Hall–Kier alpha value is -4.21. The Morgan fingerprint density at radius 1 is 1.10 bits per heavy atom. The molecule has 0 bridgehead atoms. The Morgan fingerprint density at radius 2 is 1.90 bits per heavy atom. The number of esters is 1. The number of rotatable bonds is 7. The van der Waals surface area contributed by atoms with Gasteiger partial charge in [-0.15, -0.1) is 5.10 Å². The molecule has 0 saturated heterocycles. The highest BCUT2D eigenvalue weighted by Crippen LogP contribution is 2.21. The van der Waals surface area contributed by atoms with Crippen LogP contribution in [0.5, 0.6) is 5.75 Å². The summed E-state index contributed by atoms with van der Waals surface area (Å²) in [5.74, 6) is -0.250. The quantitative estimate of drug-likeness (QED) is 0.424. The van der Waals surface area contributed by atoms with Crippen molar-refractivity contribution in [1.82, 2.24) is 19.9 Å². The highest BCUT2D eigenvalue weighted by atomic mass is 16.6. The second-order valence-corrected chi connectivity index (χ2v) is 6.10. The van der Waals surface area contributed by atoms with Gasteiger partial charge in [0.05, 0.1) is 7.11 Å². The van der Waals surface area contributed by atoms with Crippen molar-refractivity contribution < 1.29 is 23.2 Å². The molecular formula is C20H16N4O6. The first kappa shape index (κ1) is 19.1. The highest BCUT2D eigenvalue weighted by Gasteiger charge is 2.16. The van der Waals surface area contributed by atoms with Crippen LogP contribution in [0, 0.1) is 0 Å². The van der Waals surface area contributed by atoms with Crippen LogP contribution in [-0.4, -0.2) is 33.0 Å². The summed E-state index contributed by atoms with van der Waals surface area (Å²) in [6.07, 6.45) is 0. The van der Waals surface area contributed by atoms with E-state index < -0.39 is 18.3 Å². The number of ether oxygens (including phenoxy) is 2. The topological polar surface area (TPSA) is 122 Å². The van der Waals surface area contributed by atoms with Gasteiger partial charge in [0, 0.05) is 11.1 Å². The van der Waals surface area contributed by atoms with Gasteiger partial charge in [-0.3, -0.25) is 4.79 Å². The molecule has 0 unspecified atom stereocenters. The zero-order chi connectivity index (χ0) is 20.9. The van der Waals surface area contributed by atoms with Gasteiger partial charge in [-0.2, -0.15) is 9.67 Å². The van der Waals surface area contributed by atoms with Crippen molar-refractivity contribution in [2.75, 3.05) is 7.11 Å². The Morgan fingerprint density at radius 3 is 2.70 bits per heavy atom. The van der Waals surface area contributed by atoms with Crippen molar-refractivity contribution in [1.29, 1.82) is 0 Å². The molecule has 4 aromatic rings. The predicted molar refractivity (Wildman–Crippen MR) is 102 cm³/mol. The minimum atomic E-state index is -0.760. The second-order valence-electron chi connectivity index (χ2n) is 6.10. The van der Waals surface area contributed by atoms with E-state index in [9.17, 15) is 9.59 Å². The fraction of sp³-hybridized carbons (Fsp3) is 0.150. The van der Waals surface area contributed by atoms with Gasteiger partial charge in [-0.05, 0) is 24.3 Å². The van der Waals surface area contributed by atoms with E-state index in [2.05, 4.69) is 15.2 Å². The molecule has 10 heteroatoms. The van der Waals surface area contributed by atoms with E-state index in [1.807, 2.05) is 6.07 Å². The smallest absolute Gasteiger partial charge is 0.437 e. The van der Waals surface area contributed by atoms with Crippen LogP contribution in [0.25, 0.3) is 22.8 Å². The van der Waals surface area contributed by atoms with E-state index in [-0.39, 0.29) is 18.4 Å². The number of carbonyl (C=O) groups excluding carboxylic acids is 1. The molecule has 0 N–H and O–H groups in total. The Bertz CT molecular complexity index is 1210. The molecule has 10 nitrogen and oxygen atoms in total. The number of hydrogen-bond acceptors (Lipinski definition) is 9. The lowest BCUT2D eigenvalue weighted by atomic mass is 10.2. The third kappa shape index (κ3) is 4.27. The van der Waals surface area contributed by atoms with Gasteiger partial charge in [-0.1, -0.05) is 35.5 Å². The summed E-state index contributed by atoms with van der Waals surface area (Å²) in [6.45, 7) is -0.653. The monoisotopic (exact) mass is 408 g/mol. The molecule has 2 aromatic heterocycles. The zero-order valence-electron chi connectivity index (χ0n) is 15.8. The molecule has 0 atom stereocenters. The summed E-state index contributed by atoms with van der Waals surface area (Å²) in [4.78, 5) is 28.2. The van der Waals surface area contributed by atoms with Crippen molar-refractivity contribution >= 4 is 5.97 Å². The molecule has 0 saturated carbocycles. The Labute approximate surface area is 169 Å². The number of benzene rings is 2. The highest BCUT2D eigenvalue weighted by molar-refractivity contribution is 5.69. The van der Waals surface area contributed by atoms with Gasteiger partial charge in [0.25, 0.3) is 5.89 Å². The van der Waals surface area contributed by atoms with Crippen molar-refractivity contribution in [3.8, 4) is 28.6 Å². The maximum absolute atomic E-state index is 12.1. The summed E-state index contributed by atoms with van der Waals surface area (Å²) >= 11 is 0. The van der Waals surface area contributed by atoms with E-state index >= 15 is 0 Å². The number of aromatic nitrogens is 4. The molecule has 2 aromatic carbocycles. The lowest BCUT2D eigenvalue weighted by molar-refractivity contribution is -0.146. The van der Waals surface area contributed by atoms with E-state index in [4.69, 9.17) is 18.4 Å². The predicted octanol–water partition coefficient (Wildman–Crippen LogP) is 2.31. The number of hydrogen-bond donors (Lipinski definition) is 0. The van der Waals surface area contributed by atoms with Gasteiger partial charge < -0.3 is 18.4 Å². The molecule has 0 fully saturated rings. The Kier molecular flexibility index (Phi) is 5.37. The van der Waals surface area contributed by atoms with Crippen molar-refractivity contribution in [3.05, 3.63) is 71.0 Å². The summed E-state index contributed by atoms with van der Waals surface area (Å²) in [5.41, 5.74) is 1.32. The minimum Gasteiger partial charge on any atom is -0.497 e. The summed E-state index contributed by atoms with van der Waals surface area (Å²) in [5, 5.41) is 7.87. The third-order valence-corrected chi connectivity index (χ3v) is 4.06. The number of nitrogens with zero attached hydrogens (tertiary/aromatic N) is 4. The molecule has 0 aliphatic carbocycles. The SMILES string of the molecule is COc1cccc(-c2noc(COC(=O)Cn3nc(-c4ccccc4)oc3=O)n2)c1. The molecule has 0 amide bonds. The maximum atomic E-state index is 12.1. The molecule has 0 radical (unpaired) electrons. The van der Waals surface area contributed by atoms with Gasteiger partial charge >= 0.3 is 11.7 Å². The first-order valence-corrected chi connectivity index (χ1v) is 8.88. The van der Waals surface area contributed by atoms with Crippen LogP contribution in [0.4, 0.5) is 0 Å². The van der Waals surface area contributed by atoms with Crippen molar-refractivity contribution in [2.45, 2.75) is 13.2 Å². The van der Waals surface area contributed by atoms with Crippen LogP contribution in [0.15, 0.2) is 68.3 Å². The van der Waals surface area contributed by atoms with Gasteiger partial charge in [0.15, 0.2) is 6.61 Å². The van der Waals surface area contributed by atoms with Gasteiger partial charge in [-0.25, -0.2) is 4.79 Å². The summed E-state index contributed by atoms with van der Waals surface area (Å²) in [6, 6.07) is 16.0. The zero-order valence-corrected chi connectivity index (χ0v) is 15.8. The first-order chi connectivity index (χ1) is 14.6. The maximum Gasteiger partial charge on any atom is 0.437 e. The van der Waals surface area contributed by atoms with Gasteiger partial charge in [0.1, 0.15) is 12.3 Å². The standard InChI is InChI=1S/C20H16N4O6/c1-27-15-9-5-8-14(10-15)18-21-16(30-23-18)12-28-17(25)11-24-20(26)29-19(22-24)13-6-3-2-4-7-13/h2-10H,11-12H2,1H3. The van der Waals surface area contributed by atoms with Crippen LogP contribution in [0.1, 0.15) is 5.89 Å². The van der Waals surface area contributed by atoms with Crippen molar-refractivity contribution in [3.63, 3.8) is 0 Å². The van der Waals surface area contributed by atoms with Gasteiger partial charge in [0.2, 0.25) is 11.7 Å². The Balaban J connectivity index is 1.37. The lowest BCUT2D eigenvalue weighted by Crippen LogP contribution is -2.23. The van der Waals surface area contributed by atoms with Crippen molar-refractivity contribution in [2.24, 2.45) is 0 Å². The molecule has 2 heterocycles. The summed E-state index contributed by atoms with van der Waals surface area (Å²) < 4.78 is 21.3. The first-order valence-electron chi connectivity index (χ1n) is 8.88. The minimum absolute atomic E-state index is 0.110. The van der Waals surface area contributed by atoms with Crippen LogP contribution in [0.3, 0.4) is 0 Å². The normalized spacial score (nSPS) is 10.7. The molecule has 0 aliphatic rings. The fourth-order valence-corrected chi connectivity index (χ4v) is 2.61. The number of carbonyl (C=O) groups is 1. The molecule has 0 spiro atoms. The second kappa shape index (κ2) is 8.43. The number of methoxy groups -OCH3 is 1. The van der Waals surface area contributed by atoms with E-state index in [0.29, 0.717) is 22.7 Å². The molecule has 152 valence electrons. The van der Waals surface area contributed by atoms with E-state index in [1.165, 1.54) is 0 Å². The molecule has 30 heavy (non-hydrogen) atoms. The fourth-order valence-electron chi connectivity index (χ4n) is 2.61. The van der Waals surface area contributed by atoms with Crippen LogP contribution >= 0.6 is 0 Å². The van der Waals surface area contributed by atoms with E-state index in [0.717, 1.165) is 4.68 Å². The van der Waals surface area contributed by atoms with Crippen LogP contribution in [-0.2, 0) is 22.7 Å². The lowest BCUT2D eigenvalue weighted by Gasteiger charge is -2.00. The molecule has 0 aliphatic heterocycles. The summed E-state index contributed by atoms with van der Waals surface area (Å²) in [7, 11) is 1.56. The molecular weight excluding hydrogens is 392 g/mol. The van der Waals surface area contributed by atoms with Crippen LogP contribution < -0.4 is 10.5 Å². The average molecular weight is 408 g/mol. The third-order valence-electron chi connectivity index (χ3n) is 4.06. The largest absolute Gasteiger partial charge is 0.497 e. The van der Waals surface area contributed by atoms with E-state index in [1.54, 1.807) is 55.6 Å². The van der Waals surface area contributed by atoms with Crippen LogP contribution in [0.2, 0.25) is 0 Å². The molecule has 4 rings (SSSR count).